The van der Waals surface area contributed by atoms with Crippen LogP contribution < -0.4 is 0 Å². The minimum atomic E-state index is -1.64. The average Bonchev–Trinajstić information content (AvgIpc) is 2.73. The van der Waals surface area contributed by atoms with Crippen LogP contribution in [0, 0.1) is 0 Å². The molecule has 0 amide bonds. The highest BCUT2D eigenvalue weighted by Crippen LogP contribution is 2.47. The van der Waals surface area contributed by atoms with Crippen molar-refractivity contribution in [1.29, 1.82) is 0 Å². The third-order valence-corrected chi connectivity index (χ3v) is 5.85. The number of aliphatic hydroxyl groups excluding tert-OH is 5. The molecule has 0 radical (unpaired) electrons. The van der Waals surface area contributed by atoms with Crippen LogP contribution in [0.4, 0.5) is 0 Å². The maximum absolute atomic E-state index is 13.1. The van der Waals surface area contributed by atoms with E-state index < -0.39 is 61.2 Å². The molecule has 30 heavy (non-hydrogen) atoms. The summed E-state index contributed by atoms with van der Waals surface area (Å²) in [5.74, 6) is -2.34. The lowest BCUT2D eigenvalue weighted by Gasteiger charge is -2.45. The Morgan fingerprint density at radius 2 is 1.57 bits per heavy atom. The van der Waals surface area contributed by atoms with Crippen molar-refractivity contribution in [3.05, 3.63) is 58.1 Å². The second-order valence-corrected chi connectivity index (χ2v) is 7.58. The van der Waals surface area contributed by atoms with Crippen molar-refractivity contribution in [3.8, 4) is 11.5 Å². The van der Waals surface area contributed by atoms with Gasteiger partial charge in [0, 0.05) is 5.92 Å². The first-order chi connectivity index (χ1) is 14.3. The quantitative estimate of drug-likeness (QED) is 0.334. The fourth-order valence-corrected chi connectivity index (χ4v) is 4.41. The number of aliphatic hydroxyl groups is 5. The first-order valence-corrected chi connectivity index (χ1v) is 9.43. The number of hydrogen-bond acceptors (Lipinski definition) is 9. The molecule has 1 saturated heterocycles. The van der Waals surface area contributed by atoms with Crippen molar-refractivity contribution in [1.82, 2.24) is 0 Å². The van der Waals surface area contributed by atoms with Crippen molar-refractivity contribution in [2.45, 2.75) is 43.0 Å². The van der Waals surface area contributed by atoms with E-state index >= 15 is 0 Å². The largest absolute Gasteiger partial charge is 0.507 e. The van der Waals surface area contributed by atoms with Crippen LogP contribution in [-0.4, -0.2) is 78.7 Å². The number of phenols is 2. The SMILES string of the molecule is O=C1c2c(O)cccc2[C@H]([C@@H]2O[C@H](CO)[C@H](O)[C@H](O)[C@@H]2O)c2cc(CO)cc(O)c21. The van der Waals surface area contributed by atoms with Crippen LogP contribution in [0.1, 0.15) is 38.5 Å². The Kier molecular flexibility index (Phi) is 5.27. The number of carbonyl (C=O) groups excluding carboxylic acids is 1. The van der Waals surface area contributed by atoms with Crippen molar-refractivity contribution < 1.29 is 45.3 Å². The van der Waals surface area contributed by atoms with E-state index in [1.54, 1.807) is 6.07 Å². The normalized spacial score (nSPS) is 30.6. The molecule has 2 aromatic carbocycles. The van der Waals surface area contributed by atoms with Crippen molar-refractivity contribution in [3.63, 3.8) is 0 Å². The predicted octanol–water partition coefficient (Wildman–Crippen LogP) is -0.891. The maximum Gasteiger partial charge on any atom is 0.201 e. The average molecular weight is 418 g/mol. The van der Waals surface area contributed by atoms with Crippen LogP contribution in [0.5, 0.6) is 11.5 Å². The monoisotopic (exact) mass is 418 g/mol. The van der Waals surface area contributed by atoms with Crippen LogP contribution in [0.3, 0.4) is 0 Å². The third kappa shape index (κ3) is 2.99. The molecule has 0 bridgehead atoms. The minimum Gasteiger partial charge on any atom is -0.507 e. The van der Waals surface area contributed by atoms with Crippen LogP contribution in [0.15, 0.2) is 30.3 Å². The van der Waals surface area contributed by atoms with Gasteiger partial charge in [-0.2, -0.15) is 0 Å². The smallest absolute Gasteiger partial charge is 0.201 e. The number of benzene rings is 2. The van der Waals surface area contributed by atoms with E-state index in [0.717, 1.165) is 0 Å². The van der Waals surface area contributed by atoms with Gasteiger partial charge in [-0.25, -0.2) is 0 Å². The molecule has 1 heterocycles. The Morgan fingerprint density at radius 3 is 2.23 bits per heavy atom. The summed E-state index contributed by atoms with van der Waals surface area (Å²) in [6.45, 7) is -1.06. The molecule has 0 spiro atoms. The van der Waals surface area contributed by atoms with E-state index in [9.17, 15) is 40.5 Å². The van der Waals surface area contributed by atoms with Crippen LogP contribution >= 0.6 is 0 Å². The number of fused-ring (bicyclic) bond motifs is 2. The molecule has 0 unspecified atom stereocenters. The minimum absolute atomic E-state index is 0.0843. The number of hydrogen-bond donors (Lipinski definition) is 7. The Hall–Kier alpha value is -2.53. The highest BCUT2D eigenvalue weighted by atomic mass is 16.5. The first-order valence-electron chi connectivity index (χ1n) is 9.43. The summed E-state index contributed by atoms with van der Waals surface area (Å²) in [7, 11) is 0. The van der Waals surface area contributed by atoms with Gasteiger partial charge >= 0.3 is 0 Å². The highest BCUT2D eigenvalue weighted by molar-refractivity contribution is 6.16. The lowest BCUT2D eigenvalue weighted by molar-refractivity contribution is -0.232. The molecule has 160 valence electrons. The summed E-state index contributed by atoms with van der Waals surface area (Å²) in [6.07, 6.45) is -7.22. The summed E-state index contributed by atoms with van der Waals surface area (Å²) in [5.41, 5.74) is 0.609. The number of ether oxygens (including phenoxy) is 1. The fraction of sp³-hybridized carbons (Fsp3) is 0.381. The topological polar surface area (TPSA) is 168 Å². The zero-order valence-electron chi connectivity index (χ0n) is 15.7. The summed E-state index contributed by atoms with van der Waals surface area (Å²) in [4.78, 5) is 13.1. The van der Waals surface area contributed by atoms with E-state index in [-0.39, 0.29) is 28.0 Å². The molecule has 9 heteroatoms. The lowest BCUT2D eigenvalue weighted by atomic mass is 9.71. The molecule has 1 aliphatic heterocycles. The van der Waals surface area contributed by atoms with Crippen LogP contribution in [0.25, 0.3) is 0 Å². The van der Waals surface area contributed by atoms with Crippen LogP contribution in [-0.2, 0) is 11.3 Å². The molecule has 6 atom stereocenters. The zero-order valence-corrected chi connectivity index (χ0v) is 15.7. The molecule has 0 saturated carbocycles. The van der Waals surface area contributed by atoms with E-state index in [0.29, 0.717) is 5.56 Å². The van der Waals surface area contributed by atoms with E-state index in [1.165, 1.54) is 24.3 Å². The highest BCUT2D eigenvalue weighted by Gasteiger charge is 2.50. The Labute approximate surface area is 171 Å². The van der Waals surface area contributed by atoms with Crippen LogP contribution in [0.2, 0.25) is 0 Å². The molecular formula is C21H22O9. The second-order valence-electron chi connectivity index (χ2n) is 7.58. The van der Waals surface area contributed by atoms with Gasteiger partial charge in [0.05, 0.1) is 30.4 Å². The molecule has 1 fully saturated rings. The number of carbonyl (C=O) groups is 1. The van der Waals surface area contributed by atoms with Gasteiger partial charge in [-0.05, 0) is 28.8 Å². The molecular weight excluding hydrogens is 396 g/mol. The van der Waals surface area contributed by atoms with E-state index in [2.05, 4.69) is 0 Å². The van der Waals surface area contributed by atoms with Gasteiger partial charge in [-0.15, -0.1) is 0 Å². The van der Waals surface area contributed by atoms with Gasteiger partial charge in [0.25, 0.3) is 0 Å². The van der Waals surface area contributed by atoms with Gasteiger partial charge in [-0.1, -0.05) is 18.2 Å². The first kappa shape index (κ1) is 20.7. The van der Waals surface area contributed by atoms with Gasteiger partial charge < -0.3 is 40.5 Å². The van der Waals surface area contributed by atoms with E-state index in [4.69, 9.17) is 4.74 Å². The zero-order chi connectivity index (χ0) is 21.7. The second kappa shape index (κ2) is 7.62. The maximum atomic E-state index is 13.1. The van der Waals surface area contributed by atoms with Crippen molar-refractivity contribution >= 4 is 5.78 Å². The molecule has 0 aromatic heterocycles. The van der Waals surface area contributed by atoms with Crippen molar-refractivity contribution in [2.75, 3.05) is 6.61 Å². The predicted molar refractivity (Wildman–Crippen MR) is 101 cm³/mol. The summed E-state index contributed by atoms with van der Waals surface area (Å²) in [5, 5.41) is 71.0. The molecule has 9 nitrogen and oxygen atoms in total. The standard InChI is InChI=1S/C21H22O9/c22-6-8-4-10-14(21-20(29)19(28)17(26)13(7-23)30-21)9-2-1-3-11(24)15(9)18(27)16(10)12(25)5-8/h1-5,13-14,17,19-26,28-29H,6-7H2/t13-,14+,17+,19+,20+,21+/m1/s1. The van der Waals surface area contributed by atoms with Gasteiger partial charge in [0.1, 0.15) is 35.9 Å². The lowest BCUT2D eigenvalue weighted by Crippen LogP contribution is -2.60. The third-order valence-electron chi connectivity index (χ3n) is 5.85. The summed E-state index contributed by atoms with van der Waals surface area (Å²) >= 11 is 0. The molecule has 1 aliphatic carbocycles. The number of ketones is 1. The summed E-state index contributed by atoms with van der Waals surface area (Å²) in [6, 6.07) is 7.06. The Bertz CT molecular complexity index is 987. The number of aromatic hydroxyl groups is 2. The molecule has 4 rings (SSSR count). The van der Waals surface area contributed by atoms with Gasteiger partial charge in [0.15, 0.2) is 0 Å². The Balaban J connectivity index is 1.96. The van der Waals surface area contributed by atoms with Gasteiger partial charge in [-0.3, -0.25) is 4.79 Å². The van der Waals surface area contributed by atoms with Crippen molar-refractivity contribution in [2.24, 2.45) is 0 Å². The number of phenolic OH excluding ortho intramolecular Hbond substituents is 2. The molecule has 7 N–H and O–H groups in total. The Morgan fingerprint density at radius 1 is 0.867 bits per heavy atom. The molecule has 2 aliphatic rings. The summed E-state index contributed by atoms with van der Waals surface area (Å²) < 4.78 is 5.73. The van der Waals surface area contributed by atoms with Gasteiger partial charge in [0.2, 0.25) is 5.78 Å². The molecule has 2 aromatic rings. The number of rotatable bonds is 3. The van der Waals surface area contributed by atoms with E-state index in [1.807, 2.05) is 0 Å². The fourth-order valence-electron chi connectivity index (χ4n) is 4.41.